The zero-order valence-corrected chi connectivity index (χ0v) is 12.0. The first-order valence-electron chi connectivity index (χ1n) is 7.68. The predicted octanol–water partition coefficient (Wildman–Crippen LogP) is 2.47. The Labute approximate surface area is 111 Å². The molecule has 0 amide bonds. The maximum absolute atomic E-state index is 10.6. The van der Waals surface area contributed by atoms with Gasteiger partial charge in [-0.15, -0.1) is 0 Å². The number of ether oxygens (including phenoxy) is 1. The summed E-state index contributed by atoms with van der Waals surface area (Å²) in [5, 5.41) is 14.2. The Morgan fingerprint density at radius 3 is 2.61 bits per heavy atom. The maximum atomic E-state index is 10.6. The highest BCUT2D eigenvalue weighted by atomic mass is 16.5. The lowest BCUT2D eigenvalue weighted by molar-refractivity contribution is -0.0227. The van der Waals surface area contributed by atoms with Gasteiger partial charge >= 0.3 is 0 Å². The summed E-state index contributed by atoms with van der Waals surface area (Å²) >= 11 is 0. The van der Waals surface area contributed by atoms with Gasteiger partial charge in [0.05, 0.1) is 11.7 Å². The van der Waals surface area contributed by atoms with Gasteiger partial charge in [-0.1, -0.05) is 13.3 Å². The van der Waals surface area contributed by atoms with Crippen LogP contribution in [0.3, 0.4) is 0 Å². The second kappa shape index (κ2) is 6.36. The van der Waals surface area contributed by atoms with Crippen LogP contribution in [-0.2, 0) is 4.74 Å². The molecule has 2 atom stereocenters. The molecule has 1 saturated carbocycles. The molecule has 2 fully saturated rings. The first-order valence-corrected chi connectivity index (χ1v) is 7.68. The zero-order chi connectivity index (χ0) is 13.0. The predicted molar refractivity (Wildman–Crippen MR) is 73.6 cm³/mol. The molecule has 0 aromatic rings. The van der Waals surface area contributed by atoms with Crippen molar-refractivity contribution in [3.8, 4) is 0 Å². The van der Waals surface area contributed by atoms with Crippen molar-refractivity contribution in [2.45, 2.75) is 76.5 Å². The van der Waals surface area contributed by atoms with E-state index in [-0.39, 0.29) is 0 Å². The molecule has 1 saturated heterocycles. The second-order valence-corrected chi connectivity index (χ2v) is 6.36. The van der Waals surface area contributed by atoms with E-state index in [1.807, 2.05) is 0 Å². The van der Waals surface area contributed by atoms with E-state index in [4.69, 9.17) is 4.74 Å². The van der Waals surface area contributed by atoms with Crippen molar-refractivity contribution < 1.29 is 9.84 Å². The fraction of sp³-hybridized carbons (Fsp3) is 1.00. The third-order valence-corrected chi connectivity index (χ3v) is 4.82. The van der Waals surface area contributed by atoms with Crippen LogP contribution in [0.25, 0.3) is 0 Å². The molecular weight excluding hydrogens is 226 g/mol. The van der Waals surface area contributed by atoms with Gasteiger partial charge in [0, 0.05) is 19.2 Å². The Kier molecular flexibility index (Phi) is 5.05. The van der Waals surface area contributed by atoms with Crippen LogP contribution in [0, 0.1) is 5.92 Å². The van der Waals surface area contributed by atoms with Crippen LogP contribution in [0.4, 0.5) is 0 Å². The summed E-state index contributed by atoms with van der Waals surface area (Å²) < 4.78 is 5.55. The van der Waals surface area contributed by atoms with Crippen molar-refractivity contribution in [3.63, 3.8) is 0 Å². The smallest absolute Gasteiger partial charge is 0.0771 e. The molecule has 18 heavy (non-hydrogen) atoms. The summed E-state index contributed by atoms with van der Waals surface area (Å²) in [5.41, 5.74) is -0.451. The van der Waals surface area contributed by atoms with Crippen molar-refractivity contribution in [1.29, 1.82) is 0 Å². The summed E-state index contributed by atoms with van der Waals surface area (Å²) in [6.07, 6.45) is 8.11. The van der Waals surface area contributed by atoms with Crippen molar-refractivity contribution >= 4 is 0 Å². The molecule has 106 valence electrons. The fourth-order valence-electron chi connectivity index (χ4n) is 3.32. The molecule has 0 bridgehead atoms. The lowest BCUT2D eigenvalue weighted by Gasteiger charge is -2.38. The monoisotopic (exact) mass is 255 g/mol. The highest BCUT2D eigenvalue weighted by Crippen LogP contribution is 2.33. The molecule has 0 spiro atoms. The Bertz CT molecular complexity index is 249. The SMILES string of the molecule is CCC1CCC(O)(CNC2CCOC(C)C2)CC1. The van der Waals surface area contributed by atoms with Gasteiger partial charge in [-0.25, -0.2) is 0 Å². The van der Waals surface area contributed by atoms with E-state index < -0.39 is 5.60 Å². The molecule has 0 aromatic heterocycles. The highest BCUT2D eigenvalue weighted by molar-refractivity contribution is 4.88. The van der Waals surface area contributed by atoms with Gasteiger partial charge < -0.3 is 15.2 Å². The quantitative estimate of drug-likeness (QED) is 0.811. The van der Waals surface area contributed by atoms with E-state index in [0.717, 1.165) is 44.8 Å². The first-order chi connectivity index (χ1) is 8.61. The average Bonchev–Trinajstić information content (AvgIpc) is 2.38. The molecule has 1 aliphatic carbocycles. The topological polar surface area (TPSA) is 41.5 Å². The average molecular weight is 255 g/mol. The lowest BCUT2D eigenvalue weighted by Crippen LogP contribution is -2.48. The van der Waals surface area contributed by atoms with E-state index >= 15 is 0 Å². The number of hydrogen-bond acceptors (Lipinski definition) is 3. The van der Waals surface area contributed by atoms with Gasteiger partial charge in [0.15, 0.2) is 0 Å². The van der Waals surface area contributed by atoms with Crippen LogP contribution in [-0.4, -0.2) is 36.0 Å². The third kappa shape index (κ3) is 3.94. The molecule has 1 heterocycles. The fourth-order valence-corrected chi connectivity index (χ4v) is 3.32. The van der Waals surface area contributed by atoms with Gasteiger partial charge in [-0.3, -0.25) is 0 Å². The number of rotatable bonds is 4. The number of hydrogen-bond donors (Lipinski definition) is 2. The molecule has 0 radical (unpaired) electrons. The number of nitrogens with one attached hydrogen (secondary N) is 1. The second-order valence-electron chi connectivity index (χ2n) is 6.36. The van der Waals surface area contributed by atoms with E-state index in [1.54, 1.807) is 0 Å². The zero-order valence-electron chi connectivity index (χ0n) is 12.0. The van der Waals surface area contributed by atoms with Gasteiger partial charge in [0.25, 0.3) is 0 Å². The van der Waals surface area contributed by atoms with Gasteiger partial charge in [0.2, 0.25) is 0 Å². The van der Waals surface area contributed by atoms with Gasteiger partial charge in [-0.05, 0) is 51.4 Å². The minimum Gasteiger partial charge on any atom is -0.389 e. The minimum atomic E-state index is -0.451. The van der Waals surface area contributed by atoms with Crippen molar-refractivity contribution in [1.82, 2.24) is 5.32 Å². The van der Waals surface area contributed by atoms with Crippen LogP contribution in [0.5, 0.6) is 0 Å². The van der Waals surface area contributed by atoms with Gasteiger partial charge in [-0.2, -0.15) is 0 Å². The number of aliphatic hydroxyl groups is 1. The molecule has 2 unspecified atom stereocenters. The normalized spacial score (nSPS) is 41.8. The van der Waals surface area contributed by atoms with Crippen LogP contribution < -0.4 is 5.32 Å². The van der Waals surface area contributed by atoms with Crippen LogP contribution in [0.1, 0.15) is 58.8 Å². The van der Waals surface area contributed by atoms with E-state index in [2.05, 4.69) is 19.2 Å². The minimum absolute atomic E-state index is 0.363. The molecule has 2 aliphatic rings. The molecule has 3 heteroatoms. The van der Waals surface area contributed by atoms with E-state index in [1.165, 1.54) is 19.3 Å². The largest absolute Gasteiger partial charge is 0.389 e. The van der Waals surface area contributed by atoms with Crippen LogP contribution >= 0.6 is 0 Å². The molecule has 3 nitrogen and oxygen atoms in total. The summed E-state index contributed by atoms with van der Waals surface area (Å²) in [6, 6.07) is 0.529. The summed E-state index contributed by atoms with van der Waals surface area (Å²) in [5.74, 6) is 0.841. The van der Waals surface area contributed by atoms with E-state index in [0.29, 0.717) is 12.1 Å². The van der Waals surface area contributed by atoms with Crippen molar-refractivity contribution in [3.05, 3.63) is 0 Å². The Hall–Kier alpha value is -0.120. The molecule has 1 aliphatic heterocycles. The standard InChI is InChI=1S/C15H29NO2/c1-3-13-4-7-15(17,8-5-13)11-16-14-6-9-18-12(2)10-14/h12-14,16-17H,3-11H2,1-2H3. The Balaban J connectivity index is 1.72. The lowest BCUT2D eigenvalue weighted by atomic mass is 9.77. The van der Waals surface area contributed by atoms with Crippen molar-refractivity contribution in [2.24, 2.45) is 5.92 Å². The van der Waals surface area contributed by atoms with Crippen LogP contribution in [0.2, 0.25) is 0 Å². The molecule has 2 rings (SSSR count). The Morgan fingerprint density at radius 2 is 2.00 bits per heavy atom. The van der Waals surface area contributed by atoms with Gasteiger partial charge in [0.1, 0.15) is 0 Å². The summed E-state index contributed by atoms with van der Waals surface area (Å²) in [6.45, 7) is 6.02. The molecule has 2 N–H and O–H groups in total. The summed E-state index contributed by atoms with van der Waals surface area (Å²) in [4.78, 5) is 0. The maximum Gasteiger partial charge on any atom is 0.0771 e. The Morgan fingerprint density at radius 1 is 1.28 bits per heavy atom. The van der Waals surface area contributed by atoms with Crippen molar-refractivity contribution in [2.75, 3.05) is 13.2 Å². The van der Waals surface area contributed by atoms with E-state index in [9.17, 15) is 5.11 Å². The third-order valence-electron chi connectivity index (χ3n) is 4.82. The summed E-state index contributed by atoms with van der Waals surface area (Å²) in [7, 11) is 0. The molecule has 0 aromatic carbocycles. The van der Waals surface area contributed by atoms with Crippen LogP contribution in [0.15, 0.2) is 0 Å². The molecular formula is C15H29NO2. The highest BCUT2D eigenvalue weighted by Gasteiger charge is 2.33. The first kappa shape index (κ1) is 14.3.